The Bertz CT molecular complexity index is 1210. The first kappa shape index (κ1) is 18.2. The molecule has 0 saturated carbocycles. The number of hydrogen-bond acceptors (Lipinski definition) is 5. The lowest BCUT2D eigenvalue weighted by Gasteiger charge is -2.04. The van der Waals surface area contributed by atoms with Gasteiger partial charge in [0, 0.05) is 12.3 Å². The number of rotatable bonds is 6. The smallest absolute Gasteiger partial charge is 0.287 e. The maximum absolute atomic E-state index is 12.3. The van der Waals surface area contributed by atoms with Gasteiger partial charge in [-0.2, -0.15) is 0 Å². The third-order valence-corrected chi connectivity index (χ3v) is 5.25. The van der Waals surface area contributed by atoms with Gasteiger partial charge in [0.15, 0.2) is 11.0 Å². The van der Waals surface area contributed by atoms with Gasteiger partial charge >= 0.3 is 0 Å². The number of para-hydroxylation sites is 1. The van der Waals surface area contributed by atoms with Crippen molar-refractivity contribution in [3.8, 4) is 0 Å². The van der Waals surface area contributed by atoms with E-state index in [1.807, 2.05) is 43.3 Å². The van der Waals surface area contributed by atoms with Crippen LogP contribution in [0.4, 0.5) is 0 Å². The second kappa shape index (κ2) is 7.85. The van der Waals surface area contributed by atoms with Gasteiger partial charge in [-0.05, 0) is 43.2 Å². The predicted molar refractivity (Wildman–Crippen MR) is 111 cm³/mol. The molecule has 28 heavy (non-hydrogen) atoms. The van der Waals surface area contributed by atoms with Gasteiger partial charge in [-0.25, -0.2) is 9.97 Å². The SMILES string of the molecule is Cc1ccc2nc(C(=O)NCCCSc3nc4ccccc4c(=O)[nH]3)[nH]c2c1. The number of H-pyrrole nitrogens is 2. The van der Waals surface area contributed by atoms with Crippen molar-refractivity contribution in [2.45, 2.75) is 18.5 Å². The van der Waals surface area contributed by atoms with Crippen LogP contribution in [-0.4, -0.2) is 38.1 Å². The Labute approximate surface area is 165 Å². The molecule has 0 aliphatic carbocycles. The number of fused-ring (bicyclic) bond motifs is 2. The monoisotopic (exact) mass is 393 g/mol. The van der Waals surface area contributed by atoms with Gasteiger partial charge in [0.25, 0.3) is 11.5 Å². The highest BCUT2D eigenvalue weighted by Crippen LogP contribution is 2.16. The second-order valence-corrected chi connectivity index (χ2v) is 7.54. The topological polar surface area (TPSA) is 104 Å². The Morgan fingerprint density at radius 2 is 1.96 bits per heavy atom. The molecule has 2 aromatic heterocycles. The van der Waals surface area contributed by atoms with Gasteiger partial charge in [0.2, 0.25) is 0 Å². The second-order valence-electron chi connectivity index (χ2n) is 6.45. The van der Waals surface area contributed by atoms with Crippen molar-refractivity contribution in [1.29, 1.82) is 0 Å². The van der Waals surface area contributed by atoms with E-state index >= 15 is 0 Å². The molecule has 4 aromatic rings. The molecule has 0 saturated heterocycles. The molecular formula is C20H19N5O2S. The quantitative estimate of drug-likeness (QED) is 0.265. The summed E-state index contributed by atoms with van der Waals surface area (Å²) in [4.78, 5) is 38.9. The summed E-state index contributed by atoms with van der Waals surface area (Å²) >= 11 is 1.46. The van der Waals surface area contributed by atoms with Crippen LogP contribution in [0.3, 0.4) is 0 Å². The molecule has 2 heterocycles. The van der Waals surface area contributed by atoms with E-state index in [1.54, 1.807) is 6.07 Å². The summed E-state index contributed by atoms with van der Waals surface area (Å²) in [5.41, 5.74) is 3.29. The van der Waals surface area contributed by atoms with Gasteiger partial charge in [0.05, 0.1) is 21.9 Å². The zero-order valence-electron chi connectivity index (χ0n) is 15.3. The lowest BCUT2D eigenvalue weighted by molar-refractivity contribution is 0.0944. The Morgan fingerprint density at radius 1 is 1.11 bits per heavy atom. The van der Waals surface area contributed by atoms with Crippen molar-refractivity contribution >= 4 is 39.6 Å². The first-order valence-electron chi connectivity index (χ1n) is 8.96. The Hall–Kier alpha value is -3.13. The van der Waals surface area contributed by atoms with Crippen LogP contribution in [0.2, 0.25) is 0 Å². The van der Waals surface area contributed by atoms with E-state index in [1.165, 1.54) is 11.8 Å². The number of nitrogens with zero attached hydrogens (tertiary/aromatic N) is 2. The highest BCUT2D eigenvalue weighted by molar-refractivity contribution is 7.99. The van der Waals surface area contributed by atoms with Gasteiger partial charge in [-0.1, -0.05) is 30.0 Å². The van der Waals surface area contributed by atoms with Gasteiger partial charge < -0.3 is 15.3 Å². The fraction of sp³-hybridized carbons (Fsp3) is 0.200. The molecule has 0 fully saturated rings. The maximum atomic E-state index is 12.3. The predicted octanol–water partition coefficient (Wildman–Crippen LogP) is 3.02. The van der Waals surface area contributed by atoms with Crippen LogP contribution in [-0.2, 0) is 0 Å². The summed E-state index contributed by atoms with van der Waals surface area (Å²) in [6.07, 6.45) is 0.742. The average Bonchev–Trinajstić information content (AvgIpc) is 3.11. The van der Waals surface area contributed by atoms with Crippen LogP contribution in [0.1, 0.15) is 22.6 Å². The third-order valence-electron chi connectivity index (χ3n) is 4.29. The molecule has 0 bridgehead atoms. The average molecular weight is 393 g/mol. The summed E-state index contributed by atoms with van der Waals surface area (Å²) in [6, 6.07) is 13.1. The molecule has 0 atom stereocenters. The Morgan fingerprint density at radius 3 is 2.86 bits per heavy atom. The molecule has 7 nitrogen and oxygen atoms in total. The number of carbonyl (C=O) groups is 1. The van der Waals surface area contributed by atoms with Crippen molar-refractivity contribution in [2.24, 2.45) is 0 Å². The van der Waals surface area contributed by atoms with Crippen molar-refractivity contribution in [3.05, 3.63) is 64.2 Å². The minimum absolute atomic E-state index is 0.137. The lowest BCUT2D eigenvalue weighted by atomic mass is 10.2. The van der Waals surface area contributed by atoms with E-state index in [0.717, 1.165) is 28.8 Å². The summed E-state index contributed by atoms with van der Waals surface area (Å²) in [5, 5.41) is 4.03. The Balaban J connectivity index is 1.29. The number of nitrogens with one attached hydrogen (secondary N) is 3. The number of benzene rings is 2. The third kappa shape index (κ3) is 3.91. The number of imidazole rings is 1. The normalized spacial score (nSPS) is 11.2. The van der Waals surface area contributed by atoms with Crippen LogP contribution in [0, 0.1) is 6.92 Å². The number of thioether (sulfide) groups is 1. The fourth-order valence-corrected chi connectivity index (χ4v) is 3.70. The minimum Gasteiger partial charge on any atom is -0.349 e. The molecule has 142 valence electrons. The van der Waals surface area contributed by atoms with E-state index in [9.17, 15) is 9.59 Å². The molecule has 0 radical (unpaired) electrons. The van der Waals surface area contributed by atoms with Crippen LogP contribution in [0.5, 0.6) is 0 Å². The van der Waals surface area contributed by atoms with Crippen LogP contribution >= 0.6 is 11.8 Å². The van der Waals surface area contributed by atoms with Crippen LogP contribution in [0.15, 0.2) is 52.4 Å². The molecule has 8 heteroatoms. The van der Waals surface area contributed by atoms with E-state index in [0.29, 0.717) is 28.4 Å². The first-order valence-corrected chi connectivity index (χ1v) is 9.95. The van der Waals surface area contributed by atoms with Crippen molar-refractivity contribution in [2.75, 3.05) is 12.3 Å². The minimum atomic E-state index is -0.226. The molecule has 4 rings (SSSR count). The summed E-state index contributed by atoms with van der Waals surface area (Å²) in [7, 11) is 0. The Kier molecular flexibility index (Phi) is 5.12. The number of carbonyl (C=O) groups excluding carboxylic acids is 1. The molecule has 2 aromatic carbocycles. The number of aryl methyl sites for hydroxylation is 1. The number of hydrogen-bond donors (Lipinski definition) is 3. The molecule has 0 spiro atoms. The molecular weight excluding hydrogens is 374 g/mol. The van der Waals surface area contributed by atoms with Gasteiger partial charge in [-0.3, -0.25) is 9.59 Å². The zero-order valence-corrected chi connectivity index (χ0v) is 16.1. The highest BCUT2D eigenvalue weighted by atomic mass is 32.2. The van der Waals surface area contributed by atoms with E-state index < -0.39 is 0 Å². The fourth-order valence-electron chi connectivity index (χ4n) is 2.89. The lowest BCUT2D eigenvalue weighted by Crippen LogP contribution is -2.25. The number of amides is 1. The standard InChI is InChI=1S/C20H19N5O2S/c1-12-7-8-15-16(11-12)23-17(22-15)19(27)21-9-4-10-28-20-24-14-6-3-2-5-13(14)18(26)25-20/h2-3,5-8,11H,4,9-10H2,1H3,(H,21,27)(H,22,23)(H,24,25,26). The first-order chi connectivity index (χ1) is 13.6. The molecule has 3 N–H and O–H groups in total. The molecule has 0 aliphatic heterocycles. The van der Waals surface area contributed by atoms with Crippen LogP contribution < -0.4 is 10.9 Å². The summed E-state index contributed by atoms with van der Waals surface area (Å²) < 4.78 is 0. The molecule has 0 unspecified atom stereocenters. The van der Waals surface area contributed by atoms with Crippen molar-refractivity contribution in [1.82, 2.24) is 25.3 Å². The zero-order chi connectivity index (χ0) is 19.5. The van der Waals surface area contributed by atoms with Crippen molar-refractivity contribution < 1.29 is 4.79 Å². The maximum Gasteiger partial charge on any atom is 0.287 e. The summed E-state index contributed by atoms with van der Waals surface area (Å²) in [6.45, 7) is 2.51. The largest absolute Gasteiger partial charge is 0.349 e. The van der Waals surface area contributed by atoms with E-state index in [4.69, 9.17) is 0 Å². The van der Waals surface area contributed by atoms with Crippen LogP contribution in [0.25, 0.3) is 21.9 Å². The number of aromatic amines is 2. The molecule has 0 aliphatic rings. The van der Waals surface area contributed by atoms with E-state index in [-0.39, 0.29) is 11.5 Å². The van der Waals surface area contributed by atoms with Crippen molar-refractivity contribution in [3.63, 3.8) is 0 Å². The van der Waals surface area contributed by atoms with E-state index in [2.05, 4.69) is 25.3 Å². The summed E-state index contributed by atoms with van der Waals surface area (Å²) in [5.74, 6) is 0.811. The van der Waals surface area contributed by atoms with Gasteiger partial charge in [0.1, 0.15) is 0 Å². The van der Waals surface area contributed by atoms with Gasteiger partial charge in [-0.15, -0.1) is 0 Å². The molecule has 1 amide bonds. The number of aromatic nitrogens is 4. The highest BCUT2D eigenvalue weighted by Gasteiger charge is 2.11.